The van der Waals surface area contributed by atoms with E-state index in [1.54, 1.807) is 0 Å². The van der Waals surface area contributed by atoms with E-state index in [2.05, 4.69) is 23.9 Å². The summed E-state index contributed by atoms with van der Waals surface area (Å²) in [5, 5.41) is 4.33. The molecule has 0 bridgehead atoms. The number of aryl methyl sites for hydroxylation is 2. The first-order valence-electron chi connectivity index (χ1n) is 4.66. The van der Waals surface area contributed by atoms with E-state index in [0.29, 0.717) is 18.5 Å². The molecule has 2 unspecified atom stereocenters. The molecule has 2 N–H and O–H groups in total. The highest BCUT2D eigenvalue weighted by Gasteiger charge is 2.15. The summed E-state index contributed by atoms with van der Waals surface area (Å²) in [7, 11) is 0. The van der Waals surface area contributed by atoms with Crippen LogP contribution in [0.1, 0.15) is 31.5 Å². The summed E-state index contributed by atoms with van der Waals surface area (Å²) in [5.41, 5.74) is 5.61. The Morgan fingerprint density at radius 2 is 2.00 bits per heavy atom. The van der Waals surface area contributed by atoms with Crippen molar-refractivity contribution >= 4 is 0 Å². The molecule has 0 aliphatic rings. The highest BCUT2D eigenvalue weighted by Crippen LogP contribution is 2.16. The maximum absolute atomic E-state index is 5.61. The van der Waals surface area contributed by atoms with Gasteiger partial charge in [-0.3, -0.25) is 0 Å². The SMILES string of the molecule is Cc1nc(C)n(C(C)C(C)CN)n1. The molecule has 4 nitrogen and oxygen atoms in total. The molecule has 0 amide bonds. The summed E-state index contributed by atoms with van der Waals surface area (Å²) in [5.74, 6) is 2.22. The van der Waals surface area contributed by atoms with E-state index in [4.69, 9.17) is 5.73 Å². The Labute approximate surface area is 79.2 Å². The van der Waals surface area contributed by atoms with Gasteiger partial charge < -0.3 is 5.73 Å². The van der Waals surface area contributed by atoms with Crippen LogP contribution in [0.3, 0.4) is 0 Å². The van der Waals surface area contributed by atoms with Crippen LogP contribution in [0.2, 0.25) is 0 Å². The third-order valence-electron chi connectivity index (χ3n) is 2.49. The molecule has 0 saturated heterocycles. The normalized spacial score (nSPS) is 15.8. The summed E-state index contributed by atoms with van der Waals surface area (Å²) in [6.45, 7) is 8.81. The molecule has 74 valence electrons. The molecule has 1 aromatic heterocycles. The molecule has 0 aliphatic heterocycles. The fourth-order valence-corrected chi connectivity index (χ4v) is 1.36. The average Bonchev–Trinajstić information content (AvgIpc) is 2.42. The van der Waals surface area contributed by atoms with E-state index >= 15 is 0 Å². The zero-order valence-electron chi connectivity index (χ0n) is 8.78. The van der Waals surface area contributed by atoms with E-state index in [-0.39, 0.29) is 0 Å². The first kappa shape index (κ1) is 10.2. The highest BCUT2D eigenvalue weighted by molar-refractivity contribution is 4.90. The molecule has 0 radical (unpaired) electrons. The van der Waals surface area contributed by atoms with Crippen LogP contribution >= 0.6 is 0 Å². The van der Waals surface area contributed by atoms with Crippen LogP contribution in [0.25, 0.3) is 0 Å². The molecule has 0 aromatic carbocycles. The van der Waals surface area contributed by atoms with Gasteiger partial charge in [0.15, 0.2) is 0 Å². The van der Waals surface area contributed by atoms with Gasteiger partial charge in [-0.1, -0.05) is 6.92 Å². The monoisotopic (exact) mass is 182 g/mol. The zero-order chi connectivity index (χ0) is 10.0. The van der Waals surface area contributed by atoms with Crippen LogP contribution in [-0.2, 0) is 0 Å². The number of hydrogen-bond donors (Lipinski definition) is 1. The zero-order valence-corrected chi connectivity index (χ0v) is 8.78. The molecular weight excluding hydrogens is 164 g/mol. The molecule has 1 aromatic rings. The van der Waals surface area contributed by atoms with Crippen LogP contribution in [0.4, 0.5) is 0 Å². The summed E-state index contributed by atoms with van der Waals surface area (Å²) in [6.07, 6.45) is 0. The predicted octanol–water partition coefficient (Wildman–Crippen LogP) is 1.05. The van der Waals surface area contributed by atoms with Crippen LogP contribution in [-0.4, -0.2) is 21.3 Å². The van der Waals surface area contributed by atoms with E-state index in [0.717, 1.165) is 11.6 Å². The third kappa shape index (κ3) is 2.06. The van der Waals surface area contributed by atoms with E-state index in [9.17, 15) is 0 Å². The van der Waals surface area contributed by atoms with Gasteiger partial charge in [0.05, 0.1) is 6.04 Å². The van der Waals surface area contributed by atoms with Gasteiger partial charge in [0.1, 0.15) is 11.6 Å². The van der Waals surface area contributed by atoms with Gasteiger partial charge in [-0.25, -0.2) is 9.67 Å². The largest absolute Gasteiger partial charge is 0.330 e. The Hall–Kier alpha value is -0.900. The van der Waals surface area contributed by atoms with Crippen molar-refractivity contribution in [3.8, 4) is 0 Å². The highest BCUT2D eigenvalue weighted by atomic mass is 15.4. The van der Waals surface area contributed by atoms with Crippen LogP contribution in [0.5, 0.6) is 0 Å². The smallest absolute Gasteiger partial charge is 0.147 e. The van der Waals surface area contributed by atoms with Crippen molar-refractivity contribution in [3.63, 3.8) is 0 Å². The molecule has 1 rings (SSSR count). The summed E-state index contributed by atoms with van der Waals surface area (Å²) in [6, 6.07) is 0.325. The second kappa shape index (κ2) is 3.87. The van der Waals surface area contributed by atoms with Crippen molar-refractivity contribution in [2.75, 3.05) is 6.54 Å². The van der Waals surface area contributed by atoms with E-state index in [1.807, 2.05) is 18.5 Å². The lowest BCUT2D eigenvalue weighted by atomic mass is 10.0. The van der Waals surface area contributed by atoms with Crippen molar-refractivity contribution in [3.05, 3.63) is 11.6 Å². The number of rotatable bonds is 3. The van der Waals surface area contributed by atoms with Gasteiger partial charge in [0.25, 0.3) is 0 Å². The number of hydrogen-bond acceptors (Lipinski definition) is 3. The quantitative estimate of drug-likeness (QED) is 0.760. The van der Waals surface area contributed by atoms with Crippen molar-refractivity contribution in [2.45, 2.75) is 33.7 Å². The standard InChI is InChI=1S/C9H18N4/c1-6(5-10)7(2)13-9(4)11-8(3)12-13/h6-7H,5,10H2,1-4H3. The van der Waals surface area contributed by atoms with Crippen LogP contribution in [0, 0.1) is 19.8 Å². The topological polar surface area (TPSA) is 56.7 Å². The molecule has 0 spiro atoms. The number of nitrogens with two attached hydrogens (primary N) is 1. The lowest BCUT2D eigenvalue weighted by molar-refractivity contribution is 0.350. The molecular formula is C9H18N4. The maximum Gasteiger partial charge on any atom is 0.147 e. The number of nitrogens with zero attached hydrogens (tertiary/aromatic N) is 3. The molecule has 2 atom stereocenters. The van der Waals surface area contributed by atoms with Crippen LogP contribution in [0.15, 0.2) is 0 Å². The summed E-state index contributed by atoms with van der Waals surface area (Å²) in [4.78, 5) is 4.26. The van der Waals surface area contributed by atoms with Crippen molar-refractivity contribution < 1.29 is 0 Å². The van der Waals surface area contributed by atoms with E-state index < -0.39 is 0 Å². The molecule has 4 heteroatoms. The average molecular weight is 182 g/mol. The third-order valence-corrected chi connectivity index (χ3v) is 2.49. The molecule has 0 aliphatic carbocycles. The lowest BCUT2D eigenvalue weighted by Gasteiger charge is -2.19. The minimum absolute atomic E-state index is 0.325. The fraction of sp³-hybridized carbons (Fsp3) is 0.778. The van der Waals surface area contributed by atoms with Gasteiger partial charge in [0, 0.05) is 0 Å². The van der Waals surface area contributed by atoms with Crippen LogP contribution < -0.4 is 5.73 Å². The molecule has 13 heavy (non-hydrogen) atoms. The second-order valence-electron chi connectivity index (χ2n) is 3.60. The Kier molecular flexibility index (Phi) is 3.03. The van der Waals surface area contributed by atoms with Crippen molar-refractivity contribution in [2.24, 2.45) is 11.7 Å². The van der Waals surface area contributed by atoms with Crippen molar-refractivity contribution in [1.29, 1.82) is 0 Å². The molecule has 0 fully saturated rings. The van der Waals surface area contributed by atoms with Crippen molar-refractivity contribution in [1.82, 2.24) is 14.8 Å². The second-order valence-corrected chi connectivity index (χ2v) is 3.60. The van der Waals surface area contributed by atoms with Gasteiger partial charge >= 0.3 is 0 Å². The Morgan fingerprint density at radius 1 is 1.38 bits per heavy atom. The fourth-order valence-electron chi connectivity index (χ4n) is 1.36. The lowest BCUT2D eigenvalue weighted by Crippen LogP contribution is -2.23. The summed E-state index contributed by atoms with van der Waals surface area (Å²) < 4.78 is 1.95. The van der Waals surface area contributed by atoms with Gasteiger partial charge in [-0.15, -0.1) is 0 Å². The minimum atomic E-state index is 0.325. The van der Waals surface area contributed by atoms with Gasteiger partial charge in [-0.2, -0.15) is 5.10 Å². The number of aromatic nitrogens is 3. The minimum Gasteiger partial charge on any atom is -0.330 e. The van der Waals surface area contributed by atoms with E-state index in [1.165, 1.54) is 0 Å². The molecule has 0 saturated carbocycles. The Morgan fingerprint density at radius 3 is 2.38 bits per heavy atom. The first-order chi connectivity index (χ1) is 6.06. The maximum atomic E-state index is 5.61. The Balaban J connectivity index is 2.87. The first-order valence-corrected chi connectivity index (χ1v) is 4.66. The molecule has 1 heterocycles. The predicted molar refractivity (Wildman–Crippen MR) is 52.4 cm³/mol. The summed E-state index contributed by atoms with van der Waals surface area (Å²) >= 11 is 0. The Bertz CT molecular complexity index is 279. The van der Waals surface area contributed by atoms with Gasteiger partial charge in [0.2, 0.25) is 0 Å². The van der Waals surface area contributed by atoms with Gasteiger partial charge in [-0.05, 0) is 33.2 Å².